The lowest BCUT2D eigenvalue weighted by Gasteiger charge is -2.06. The third kappa shape index (κ3) is 4.45. The molecular formula is C17H22N2O2. The van der Waals surface area contributed by atoms with E-state index in [0.29, 0.717) is 13.0 Å². The Morgan fingerprint density at radius 3 is 2.71 bits per heavy atom. The van der Waals surface area contributed by atoms with Crippen molar-refractivity contribution < 1.29 is 9.32 Å². The summed E-state index contributed by atoms with van der Waals surface area (Å²) >= 11 is 0. The van der Waals surface area contributed by atoms with E-state index in [2.05, 4.69) is 35.6 Å². The molecule has 1 aromatic heterocycles. The van der Waals surface area contributed by atoms with Crippen molar-refractivity contribution in [2.75, 3.05) is 6.54 Å². The molecule has 0 saturated carbocycles. The Hall–Kier alpha value is -2.10. The van der Waals surface area contributed by atoms with Gasteiger partial charge < -0.3 is 9.84 Å². The summed E-state index contributed by atoms with van der Waals surface area (Å²) in [4.78, 5) is 11.8. The first-order chi connectivity index (χ1) is 10.1. The van der Waals surface area contributed by atoms with Crippen LogP contribution in [0.2, 0.25) is 0 Å². The van der Waals surface area contributed by atoms with Gasteiger partial charge in [-0.1, -0.05) is 35.0 Å². The summed E-state index contributed by atoms with van der Waals surface area (Å²) in [6.07, 6.45) is 2.06. The number of hydrogen-bond acceptors (Lipinski definition) is 3. The van der Waals surface area contributed by atoms with Crippen molar-refractivity contribution in [3.8, 4) is 0 Å². The van der Waals surface area contributed by atoms with Gasteiger partial charge in [-0.05, 0) is 39.2 Å². The summed E-state index contributed by atoms with van der Waals surface area (Å²) in [7, 11) is 0. The smallest absolute Gasteiger partial charge is 0.220 e. The number of aryl methyl sites for hydroxylation is 4. The minimum atomic E-state index is 0.0864. The molecule has 2 aromatic rings. The molecule has 4 heteroatoms. The molecule has 0 spiro atoms. The Kier molecular flexibility index (Phi) is 5.14. The molecule has 0 aliphatic heterocycles. The zero-order valence-corrected chi connectivity index (χ0v) is 12.9. The first-order valence-corrected chi connectivity index (χ1v) is 7.30. The Morgan fingerprint density at radius 2 is 2.05 bits per heavy atom. The average molecular weight is 286 g/mol. The highest BCUT2D eigenvalue weighted by atomic mass is 16.5. The van der Waals surface area contributed by atoms with Crippen molar-refractivity contribution >= 4 is 5.91 Å². The first kappa shape index (κ1) is 15.3. The summed E-state index contributed by atoms with van der Waals surface area (Å²) in [6, 6.07) is 8.27. The molecule has 0 aliphatic carbocycles. The van der Waals surface area contributed by atoms with Gasteiger partial charge in [-0.2, -0.15) is 0 Å². The molecule has 112 valence electrons. The standard InChI is InChI=1S/C17H22N2O2/c1-12-5-4-6-15(11-12)7-8-17(20)18-10-9-16-13(2)19-21-14(16)3/h4-6,11H,7-10H2,1-3H3,(H,18,20). The summed E-state index contributed by atoms with van der Waals surface area (Å²) in [5, 5.41) is 6.86. The van der Waals surface area contributed by atoms with Crippen molar-refractivity contribution in [1.29, 1.82) is 0 Å². The largest absolute Gasteiger partial charge is 0.361 e. The highest BCUT2D eigenvalue weighted by molar-refractivity contribution is 5.76. The maximum atomic E-state index is 11.8. The molecule has 0 fully saturated rings. The minimum absolute atomic E-state index is 0.0864. The van der Waals surface area contributed by atoms with E-state index in [0.717, 1.165) is 29.9 Å². The van der Waals surface area contributed by atoms with Crippen molar-refractivity contribution in [3.63, 3.8) is 0 Å². The van der Waals surface area contributed by atoms with E-state index in [1.54, 1.807) is 0 Å². The van der Waals surface area contributed by atoms with Crippen LogP contribution in [0.5, 0.6) is 0 Å². The third-order valence-electron chi connectivity index (χ3n) is 3.60. The van der Waals surface area contributed by atoms with Crippen molar-refractivity contribution in [1.82, 2.24) is 10.5 Å². The second kappa shape index (κ2) is 7.07. The quantitative estimate of drug-likeness (QED) is 0.888. The van der Waals surface area contributed by atoms with E-state index in [4.69, 9.17) is 4.52 Å². The van der Waals surface area contributed by atoms with Crippen LogP contribution in [0.1, 0.15) is 34.6 Å². The van der Waals surface area contributed by atoms with Crippen LogP contribution in [0.4, 0.5) is 0 Å². The number of benzene rings is 1. The molecule has 0 aliphatic rings. The number of nitrogens with one attached hydrogen (secondary N) is 1. The lowest BCUT2D eigenvalue weighted by molar-refractivity contribution is -0.121. The van der Waals surface area contributed by atoms with E-state index in [9.17, 15) is 4.79 Å². The molecule has 0 saturated heterocycles. The number of hydrogen-bond donors (Lipinski definition) is 1. The number of aromatic nitrogens is 1. The van der Waals surface area contributed by atoms with Crippen LogP contribution < -0.4 is 5.32 Å². The van der Waals surface area contributed by atoms with Crippen molar-refractivity contribution in [2.24, 2.45) is 0 Å². The van der Waals surface area contributed by atoms with Crippen LogP contribution in [-0.2, 0) is 17.6 Å². The lowest BCUT2D eigenvalue weighted by atomic mass is 10.1. The lowest BCUT2D eigenvalue weighted by Crippen LogP contribution is -2.26. The topological polar surface area (TPSA) is 55.1 Å². The van der Waals surface area contributed by atoms with Gasteiger partial charge in [0.2, 0.25) is 5.91 Å². The van der Waals surface area contributed by atoms with E-state index in [1.165, 1.54) is 11.1 Å². The second-order valence-electron chi connectivity index (χ2n) is 5.39. The molecule has 21 heavy (non-hydrogen) atoms. The average Bonchev–Trinajstić information content (AvgIpc) is 2.77. The molecule has 1 N–H and O–H groups in total. The van der Waals surface area contributed by atoms with Gasteiger partial charge in [0.1, 0.15) is 5.76 Å². The van der Waals surface area contributed by atoms with Gasteiger partial charge in [-0.3, -0.25) is 4.79 Å². The molecule has 4 nitrogen and oxygen atoms in total. The minimum Gasteiger partial charge on any atom is -0.361 e. The van der Waals surface area contributed by atoms with Crippen molar-refractivity contribution in [3.05, 3.63) is 52.4 Å². The number of carbonyl (C=O) groups excluding carboxylic acids is 1. The molecule has 2 rings (SSSR count). The van der Waals surface area contributed by atoms with Crippen LogP contribution >= 0.6 is 0 Å². The Bertz CT molecular complexity index is 598. The van der Waals surface area contributed by atoms with Crippen LogP contribution in [0, 0.1) is 20.8 Å². The van der Waals surface area contributed by atoms with E-state index >= 15 is 0 Å². The summed E-state index contributed by atoms with van der Waals surface area (Å²) in [5.74, 6) is 0.921. The Balaban J connectivity index is 1.73. The van der Waals surface area contributed by atoms with Crippen LogP contribution in [0.3, 0.4) is 0 Å². The van der Waals surface area contributed by atoms with Gasteiger partial charge in [0.25, 0.3) is 0 Å². The highest BCUT2D eigenvalue weighted by Gasteiger charge is 2.09. The highest BCUT2D eigenvalue weighted by Crippen LogP contribution is 2.12. The summed E-state index contributed by atoms with van der Waals surface area (Å²) < 4.78 is 5.11. The molecule has 1 heterocycles. The third-order valence-corrected chi connectivity index (χ3v) is 3.60. The Labute approximate surface area is 125 Å². The SMILES string of the molecule is Cc1cccc(CCC(=O)NCCc2c(C)noc2C)c1. The monoisotopic (exact) mass is 286 g/mol. The molecule has 1 aromatic carbocycles. The van der Waals surface area contributed by atoms with Crippen LogP contribution in [-0.4, -0.2) is 17.6 Å². The zero-order chi connectivity index (χ0) is 15.2. The van der Waals surface area contributed by atoms with Gasteiger partial charge in [0, 0.05) is 18.5 Å². The number of rotatable bonds is 6. The summed E-state index contributed by atoms with van der Waals surface area (Å²) in [5.41, 5.74) is 4.43. The number of nitrogens with zero attached hydrogens (tertiary/aromatic N) is 1. The number of amides is 1. The maximum absolute atomic E-state index is 11.8. The zero-order valence-electron chi connectivity index (χ0n) is 12.9. The molecule has 0 atom stereocenters. The maximum Gasteiger partial charge on any atom is 0.220 e. The normalized spacial score (nSPS) is 10.6. The van der Waals surface area contributed by atoms with Crippen molar-refractivity contribution in [2.45, 2.75) is 40.0 Å². The van der Waals surface area contributed by atoms with Crippen LogP contribution in [0.15, 0.2) is 28.8 Å². The molecule has 0 bridgehead atoms. The molecule has 0 radical (unpaired) electrons. The fraction of sp³-hybridized carbons (Fsp3) is 0.412. The predicted octanol–water partition coefficient (Wildman–Crippen LogP) is 2.89. The second-order valence-corrected chi connectivity index (χ2v) is 5.39. The summed E-state index contributed by atoms with van der Waals surface area (Å²) in [6.45, 7) is 6.50. The number of carbonyl (C=O) groups is 1. The fourth-order valence-corrected chi connectivity index (χ4v) is 2.40. The molecule has 0 unspecified atom stereocenters. The molecule has 1 amide bonds. The fourth-order valence-electron chi connectivity index (χ4n) is 2.40. The first-order valence-electron chi connectivity index (χ1n) is 7.30. The predicted molar refractivity (Wildman–Crippen MR) is 82.2 cm³/mol. The van der Waals surface area contributed by atoms with E-state index in [-0.39, 0.29) is 5.91 Å². The van der Waals surface area contributed by atoms with Gasteiger partial charge in [0.15, 0.2) is 0 Å². The van der Waals surface area contributed by atoms with E-state index in [1.807, 2.05) is 19.9 Å². The van der Waals surface area contributed by atoms with Gasteiger partial charge >= 0.3 is 0 Å². The van der Waals surface area contributed by atoms with Crippen LogP contribution in [0.25, 0.3) is 0 Å². The Morgan fingerprint density at radius 1 is 1.24 bits per heavy atom. The van der Waals surface area contributed by atoms with Gasteiger partial charge in [-0.25, -0.2) is 0 Å². The van der Waals surface area contributed by atoms with Gasteiger partial charge in [-0.15, -0.1) is 0 Å². The molecular weight excluding hydrogens is 264 g/mol. The van der Waals surface area contributed by atoms with Gasteiger partial charge in [0.05, 0.1) is 5.69 Å². The van der Waals surface area contributed by atoms with E-state index < -0.39 is 0 Å².